The molecule has 136 valence electrons. The van der Waals surface area contributed by atoms with Crippen molar-refractivity contribution in [1.29, 1.82) is 0 Å². The largest absolute Gasteiger partial charge is 0.391 e. The van der Waals surface area contributed by atoms with Crippen LogP contribution in [0.3, 0.4) is 0 Å². The van der Waals surface area contributed by atoms with Crippen LogP contribution >= 0.6 is 0 Å². The van der Waals surface area contributed by atoms with Gasteiger partial charge < -0.3 is 9.67 Å². The first-order valence-corrected chi connectivity index (χ1v) is 9.71. The lowest BCUT2D eigenvalue weighted by Crippen LogP contribution is -2.44. The van der Waals surface area contributed by atoms with Gasteiger partial charge in [-0.25, -0.2) is 0 Å². The van der Waals surface area contributed by atoms with E-state index in [1.54, 1.807) is 0 Å². The van der Waals surface area contributed by atoms with E-state index >= 15 is 0 Å². The van der Waals surface area contributed by atoms with E-state index in [9.17, 15) is 5.11 Å². The molecule has 1 aromatic heterocycles. The Kier molecular flexibility index (Phi) is 5.09. The van der Waals surface area contributed by atoms with Gasteiger partial charge in [0, 0.05) is 43.3 Å². The fourth-order valence-corrected chi connectivity index (χ4v) is 4.40. The van der Waals surface area contributed by atoms with E-state index < -0.39 is 0 Å². The highest BCUT2D eigenvalue weighted by atomic mass is 16.3. The topological polar surface area (TPSA) is 28.4 Å². The summed E-state index contributed by atoms with van der Waals surface area (Å²) in [5.74, 6) is 0. The Bertz CT molecular complexity index is 855. The molecule has 1 aliphatic rings. The molecule has 1 aliphatic carbocycles. The first kappa shape index (κ1) is 17.3. The highest BCUT2D eigenvalue weighted by Gasteiger charge is 2.29. The van der Waals surface area contributed by atoms with Crippen molar-refractivity contribution in [3.63, 3.8) is 0 Å². The van der Waals surface area contributed by atoms with Gasteiger partial charge in [-0.15, -0.1) is 0 Å². The zero-order valence-electron chi connectivity index (χ0n) is 15.5. The molecular formula is C23H28N2O. The maximum absolute atomic E-state index is 10.7. The molecule has 2 atom stereocenters. The van der Waals surface area contributed by atoms with E-state index in [2.05, 4.69) is 77.3 Å². The smallest absolute Gasteiger partial charge is 0.0695 e. The first-order chi connectivity index (χ1) is 12.7. The molecule has 0 radical (unpaired) electrons. The molecule has 0 amide bonds. The summed E-state index contributed by atoms with van der Waals surface area (Å²) in [7, 11) is 2.11. The van der Waals surface area contributed by atoms with E-state index in [1.165, 1.54) is 28.5 Å². The van der Waals surface area contributed by atoms with Crippen molar-refractivity contribution in [2.45, 2.75) is 50.9 Å². The van der Waals surface area contributed by atoms with E-state index in [0.29, 0.717) is 0 Å². The second kappa shape index (κ2) is 7.65. The predicted octanol–water partition coefficient (Wildman–Crippen LogP) is 4.48. The fraction of sp³-hybridized carbons (Fsp3) is 0.391. The van der Waals surface area contributed by atoms with Crippen molar-refractivity contribution >= 4 is 10.9 Å². The number of aryl methyl sites for hydroxylation is 1. The number of fused-ring (bicyclic) bond motifs is 1. The number of para-hydroxylation sites is 1. The van der Waals surface area contributed by atoms with Gasteiger partial charge in [-0.2, -0.15) is 0 Å². The molecule has 26 heavy (non-hydrogen) atoms. The van der Waals surface area contributed by atoms with Crippen LogP contribution in [0.5, 0.6) is 0 Å². The van der Waals surface area contributed by atoms with Crippen LogP contribution in [0.25, 0.3) is 10.9 Å². The predicted molar refractivity (Wildman–Crippen MR) is 107 cm³/mol. The summed E-state index contributed by atoms with van der Waals surface area (Å²) in [5, 5.41) is 12.0. The summed E-state index contributed by atoms with van der Waals surface area (Å²) in [6, 6.07) is 19.5. The lowest BCUT2D eigenvalue weighted by Gasteiger charge is -2.37. The molecule has 4 rings (SSSR count). The minimum atomic E-state index is -0.220. The third-order valence-corrected chi connectivity index (χ3v) is 5.74. The van der Waals surface area contributed by atoms with Crippen LogP contribution in [0.1, 0.15) is 36.8 Å². The average molecular weight is 348 g/mol. The minimum Gasteiger partial charge on any atom is -0.391 e. The van der Waals surface area contributed by atoms with E-state index in [-0.39, 0.29) is 12.1 Å². The van der Waals surface area contributed by atoms with Crippen LogP contribution in [0.2, 0.25) is 0 Å². The number of hydrogen-bond acceptors (Lipinski definition) is 2. The molecule has 1 saturated carbocycles. The Hall–Kier alpha value is -2.10. The van der Waals surface area contributed by atoms with Gasteiger partial charge in [-0.1, -0.05) is 61.4 Å². The quantitative estimate of drug-likeness (QED) is 0.736. The molecule has 0 spiro atoms. The SMILES string of the molecule is Cn1cc(CN(Cc2ccccc2)[C@H]2CCCC[C@@H]2O)c2ccccc21. The summed E-state index contributed by atoms with van der Waals surface area (Å²) in [4.78, 5) is 2.49. The van der Waals surface area contributed by atoms with Gasteiger partial charge in [-0.05, 0) is 30.0 Å². The Morgan fingerprint density at radius 3 is 2.50 bits per heavy atom. The van der Waals surface area contributed by atoms with Gasteiger partial charge in [0.1, 0.15) is 0 Å². The molecular weight excluding hydrogens is 320 g/mol. The number of benzene rings is 2. The molecule has 3 heteroatoms. The Balaban J connectivity index is 1.65. The average Bonchev–Trinajstić information content (AvgIpc) is 2.99. The van der Waals surface area contributed by atoms with Crippen molar-refractivity contribution in [3.05, 3.63) is 71.9 Å². The third kappa shape index (κ3) is 3.55. The normalized spacial score (nSPS) is 20.7. The zero-order chi connectivity index (χ0) is 17.9. The number of nitrogens with zero attached hydrogens (tertiary/aromatic N) is 2. The van der Waals surface area contributed by atoms with E-state index in [1.807, 2.05) is 0 Å². The monoisotopic (exact) mass is 348 g/mol. The molecule has 3 aromatic rings. The maximum Gasteiger partial charge on any atom is 0.0695 e. The van der Waals surface area contributed by atoms with Crippen LogP contribution in [-0.4, -0.2) is 26.7 Å². The maximum atomic E-state index is 10.7. The Morgan fingerprint density at radius 1 is 0.962 bits per heavy atom. The molecule has 0 saturated heterocycles. The third-order valence-electron chi connectivity index (χ3n) is 5.74. The summed E-state index contributed by atoms with van der Waals surface area (Å²) in [6.07, 6.45) is 6.39. The number of aromatic nitrogens is 1. The van der Waals surface area contributed by atoms with E-state index in [0.717, 1.165) is 32.4 Å². The first-order valence-electron chi connectivity index (χ1n) is 9.71. The summed E-state index contributed by atoms with van der Waals surface area (Å²) >= 11 is 0. The second-order valence-electron chi connectivity index (χ2n) is 7.59. The van der Waals surface area contributed by atoms with Gasteiger partial charge in [0.05, 0.1) is 6.10 Å². The Labute approximate surface area is 155 Å². The molecule has 1 heterocycles. The highest BCUT2D eigenvalue weighted by molar-refractivity contribution is 5.83. The van der Waals surface area contributed by atoms with Crippen molar-refractivity contribution < 1.29 is 5.11 Å². The molecule has 0 aliphatic heterocycles. The van der Waals surface area contributed by atoms with Crippen molar-refractivity contribution in [1.82, 2.24) is 9.47 Å². The molecule has 3 nitrogen and oxygen atoms in total. The van der Waals surface area contributed by atoms with E-state index in [4.69, 9.17) is 0 Å². The van der Waals surface area contributed by atoms with Crippen LogP contribution < -0.4 is 0 Å². The molecule has 0 bridgehead atoms. The molecule has 2 aromatic carbocycles. The van der Waals surface area contributed by atoms with Gasteiger partial charge in [-0.3, -0.25) is 4.90 Å². The van der Waals surface area contributed by atoms with Crippen molar-refractivity contribution in [2.75, 3.05) is 0 Å². The second-order valence-corrected chi connectivity index (χ2v) is 7.59. The van der Waals surface area contributed by atoms with Gasteiger partial charge in [0.2, 0.25) is 0 Å². The minimum absolute atomic E-state index is 0.220. The summed E-state index contributed by atoms with van der Waals surface area (Å²) in [5.41, 5.74) is 3.92. The highest BCUT2D eigenvalue weighted by Crippen LogP contribution is 2.28. The van der Waals surface area contributed by atoms with Gasteiger partial charge in [0.25, 0.3) is 0 Å². The van der Waals surface area contributed by atoms with Crippen molar-refractivity contribution in [2.24, 2.45) is 7.05 Å². The standard InChI is InChI=1S/C23H28N2O/c1-24-16-19(20-11-5-6-12-21(20)24)17-25(15-18-9-3-2-4-10-18)22-13-7-8-14-23(22)26/h2-6,9-12,16,22-23,26H,7-8,13-15,17H2,1H3/t22-,23-/m0/s1. The van der Waals surface area contributed by atoms with Gasteiger partial charge in [0.15, 0.2) is 0 Å². The number of aliphatic hydroxyl groups excluding tert-OH is 1. The van der Waals surface area contributed by atoms with Crippen molar-refractivity contribution in [3.8, 4) is 0 Å². The van der Waals surface area contributed by atoms with Crippen LogP contribution in [0.15, 0.2) is 60.8 Å². The number of aliphatic hydroxyl groups is 1. The fourth-order valence-electron chi connectivity index (χ4n) is 4.40. The van der Waals surface area contributed by atoms with Crippen LogP contribution in [-0.2, 0) is 20.1 Å². The lowest BCUT2D eigenvalue weighted by molar-refractivity contribution is 0.0116. The lowest BCUT2D eigenvalue weighted by atomic mass is 9.90. The molecule has 1 N–H and O–H groups in total. The molecule has 0 unspecified atom stereocenters. The molecule has 1 fully saturated rings. The zero-order valence-corrected chi connectivity index (χ0v) is 15.5. The number of hydrogen-bond donors (Lipinski definition) is 1. The van der Waals surface area contributed by atoms with Gasteiger partial charge >= 0.3 is 0 Å². The number of rotatable bonds is 5. The van der Waals surface area contributed by atoms with Crippen LogP contribution in [0, 0.1) is 0 Å². The van der Waals surface area contributed by atoms with Crippen LogP contribution in [0.4, 0.5) is 0 Å². The summed E-state index contributed by atoms with van der Waals surface area (Å²) < 4.78 is 2.21. The Morgan fingerprint density at radius 2 is 1.69 bits per heavy atom. The summed E-state index contributed by atoms with van der Waals surface area (Å²) in [6.45, 7) is 1.75.